The molecule has 1 aliphatic rings. The lowest BCUT2D eigenvalue weighted by atomic mass is 10.1. The summed E-state index contributed by atoms with van der Waals surface area (Å²) in [4.78, 5) is 12.1. The summed E-state index contributed by atoms with van der Waals surface area (Å²) >= 11 is 0. The molecule has 4 nitrogen and oxygen atoms in total. The lowest BCUT2D eigenvalue weighted by molar-refractivity contribution is -0.147. The molecule has 2 atom stereocenters. The van der Waals surface area contributed by atoms with Crippen molar-refractivity contribution in [2.24, 2.45) is 17.3 Å². The largest absolute Gasteiger partial charge is 0.460 e. The van der Waals surface area contributed by atoms with Gasteiger partial charge in [-0.25, -0.2) is 17.6 Å². The van der Waals surface area contributed by atoms with Crippen molar-refractivity contribution in [2.75, 3.05) is 6.61 Å². The standard InChI is InChI=1S/C18H16F5NO3/c1-18(2)11(5-8(19)6-24)12(18)17(26)27-7-10-15(22)13(20)9(3-4-25)14(21)16(10)23/h5,11-12,25H,3-4,7H2,1-2H3/t11-,12-/m0/s1. The molecule has 0 unspecified atom stereocenters. The number of ether oxygens (including phenoxy) is 1. The molecular weight excluding hydrogens is 373 g/mol. The lowest BCUT2D eigenvalue weighted by Crippen LogP contribution is -2.15. The molecule has 0 radical (unpaired) electrons. The van der Waals surface area contributed by atoms with Crippen LogP contribution >= 0.6 is 0 Å². The van der Waals surface area contributed by atoms with Crippen molar-refractivity contribution in [3.05, 3.63) is 46.3 Å². The number of rotatable bonds is 6. The average Bonchev–Trinajstić information content (AvgIpc) is 3.16. The maximum atomic E-state index is 14.0. The first-order chi connectivity index (χ1) is 12.6. The Morgan fingerprint density at radius 2 is 1.70 bits per heavy atom. The summed E-state index contributed by atoms with van der Waals surface area (Å²) in [5.41, 5.74) is -2.79. The van der Waals surface area contributed by atoms with Crippen LogP contribution in [0.15, 0.2) is 11.9 Å². The molecule has 0 spiro atoms. The van der Waals surface area contributed by atoms with Gasteiger partial charge in [0.25, 0.3) is 0 Å². The second kappa shape index (κ2) is 7.64. The van der Waals surface area contributed by atoms with Crippen molar-refractivity contribution >= 4 is 5.97 Å². The van der Waals surface area contributed by atoms with Gasteiger partial charge < -0.3 is 9.84 Å². The molecule has 0 heterocycles. The Hall–Kier alpha value is -2.47. The van der Waals surface area contributed by atoms with Gasteiger partial charge in [-0.1, -0.05) is 13.8 Å². The third-order valence-electron chi connectivity index (χ3n) is 4.76. The minimum Gasteiger partial charge on any atom is -0.460 e. The molecule has 0 aromatic heterocycles. The number of benzene rings is 1. The number of esters is 1. The summed E-state index contributed by atoms with van der Waals surface area (Å²) in [7, 11) is 0. The van der Waals surface area contributed by atoms with Crippen molar-refractivity contribution in [2.45, 2.75) is 26.9 Å². The second-order valence-corrected chi connectivity index (χ2v) is 6.75. The van der Waals surface area contributed by atoms with Crippen molar-refractivity contribution in [1.29, 1.82) is 5.26 Å². The van der Waals surface area contributed by atoms with Gasteiger partial charge in [0, 0.05) is 24.5 Å². The fraction of sp³-hybridized carbons (Fsp3) is 0.444. The van der Waals surface area contributed by atoms with E-state index >= 15 is 0 Å². The number of allylic oxidation sites excluding steroid dienone is 2. The van der Waals surface area contributed by atoms with E-state index in [0.29, 0.717) is 0 Å². The summed E-state index contributed by atoms with van der Waals surface area (Å²) in [6, 6.07) is 1.28. The van der Waals surface area contributed by atoms with E-state index in [9.17, 15) is 26.7 Å². The van der Waals surface area contributed by atoms with Gasteiger partial charge in [0.15, 0.2) is 29.1 Å². The van der Waals surface area contributed by atoms with Crippen LogP contribution in [0.4, 0.5) is 22.0 Å². The van der Waals surface area contributed by atoms with E-state index in [-0.39, 0.29) is 0 Å². The molecule has 0 aliphatic heterocycles. The highest BCUT2D eigenvalue weighted by Crippen LogP contribution is 2.60. The monoisotopic (exact) mass is 389 g/mol. The topological polar surface area (TPSA) is 70.3 Å². The SMILES string of the molecule is CC1(C)[C@H](C(=O)OCc2c(F)c(F)c(CCO)c(F)c2F)[C@@H]1C=C(F)C#N. The van der Waals surface area contributed by atoms with E-state index in [1.165, 1.54) is 6.07 Å². The van der Waals surface area contributed by atoms with Gasteiger partial charge >= 0.3 is 5.97 Å². The Labute approximate surface area is 151 Å². The quantitative estimate of drug-likeness (QED) is 0.350. The lowest BCUT2D eigenvalue weighted by Gasteiger charge is -2.12. The highest BCUT2D eigenvalue weighted by Gasteiger charge is 2.61. The molecule has 1 N–H and O–H groups in total. The highest BCUT2D eigenvalue weighted by molar-refractivity contribution is 5.78. The number of carbonyl (C=O) groups is 1. The van der Waals surface area contributed by atoms with E-state index in [1.807, 2.05) is 0 Å². The van der Waals surface area contributed by atoms with Gasteiger partial charge in [-0.15, -0.1) is 0 Å². The van der Waals surface area contributed by atoms with Crippen molar-refractivity contribution < 1.29 is 36.6 Å². The summed E-state index contributed by atoms with van der Waals surface area (Å²) in [6.45, 7) is 1.43. The van der Waals surface area contributed by atoms with E-state index < -0.39 is 83.1 Å². The molecule has 0 amide bonds. The summed E-state index contributed by atoms with van der Waals surface area (Å²) < 4.78 is 73.5. The molecule has 1 aromatic carbocycles. The number of nitrogens with zero attached hydrogens (tertiary/aromatic N) is 1. The third-order valence-corrected chi connectivity index (χ3v) is 4.76. The fourth-order valence-electron chi connectivity index (χ4n) is 3.05. The molecular formula is C18H16F5NO3. The molecule has 1 fully saturated rings. The van der Waals surface area contributed by atoms with Gasteiger partial charge in [0.1, 0.15) is 12.7 Å². The van der Waals surface area contributed by atoms with E-state index in [4.69, 9.17) is 15.1 Å². The van der Waals surface area contributed by atoms with Crippen LogP contribution in [0.2, 0.25) is 0 Å². The van der Waals surface area contributed by atoms with Gasteiger partial charge in [-0.05, 0) is 11.5 Å². The second-order valence-electron chi connectivity index (χ2n) is 6.75. The first kappa shape index (κ1) is 20.8. The molecule has 9 heteroatoms. The molecule has 146 valence electrons. The number of aliphatic hydroxyl groups is 1. The van der Waals surface area contributed by atoms with Crippen LogP contribution in [0.5, 0.6) is 0 Å². The number of nitriles is 1. The van der Waals surface area contributed by atoms with Crippen LogP contribution in [0, 0.1) is 51.9 Å². The molecule has 1 aromatic rings. The van der Waals surface area contributed by atoms with E-state index in [2.05, 4.69) is 0 Å². The van der Waals surface area contributed by atoms with Gasteiger partial charge in [-0.2, -0.15) is 9.65 Å². The first-order valence-corrected chi connectivity index (χ1v) is 7.96. The Kier molecular flexibility index (Phi) is 5.90. The van der Waals surface area contributed by atoms with Gasteiger partial charge in [0.2, 0.25) is 0 Å². The molecule has 1 saturated carbocycles. The highest BCUT2D eigenvalue weighted by atomic mass is 19.2. The number of carbonyl (C=O) groups excluding carboxylic acids is 1. The zero-order valence-corrected chi connectivity index (χ0v) is 14.5. The maximum Gasteiger partial charge on any atom is 0.310 e. The zero-order valence-electron chi connectivity index (χ0n) is 14.5. The Balaban J connectivity index is 2.18. The van der Waals surface area contributed by atoms with E-state index in [1.54, 1.807) is 13.8 Å². The van der Waals surface area contributed by atoms with Crippen LogP contribution in [-0.4, -0.2) is 17.7 Å². The molecule has 2 rings (SSSR count). The number of aliphatic hydroxyl groups excluding tert-OH is 1. The van der Waals surface area contributed by atoms with Crippen molar-refractivity contribution in [3.63, 3.8) is 0 Å². The van der Waals surface area contributed by atoms with E-state index in [0.717, 1.165) is 6.08 Å². The third kappa shape index (κ3) is 3.81. The minimum absolute atomic E-state index is 0.625. The number of hydrogen-bond acceptors (Lipinski definition) is 4. The van der Waals surface area contributed by atoms with Crippen molar-refractivity contribution in [3.8, 4) is 6.07 Å². The fourth-order valence-corrected chi connectivity index (χ4v) is 3.05. The first-order valence-electron chi connectivity index (χ1n) is 7.96. The average molecular weight is 389 g/mol. The summed E-state index contributed by atoms with van der Waals surface area (Å²) in [5, 5.41) is 17.2. The predicted molar refractivity (Wildman–Crippen MR) is 82.4 cm³/mol. The van der Waals surface area contributed by atoms with Crippen LogP contribution in [0.25, 0.3) is 0 Å². The Bertz CT molecular complexity index is 815. The number of hydrogen-bond donors (Lipinski definition) is 1. The molecule has 0 saturated heterocycles. The predicted octanol–water partition coefficient (Wildman–Crippen LogP) is 3.47. The molecule has 1 aliphatic carbocycles. The van der Waals surface area contributed by atoms with Crippen molar-refractivity contribution in [1.82, 2.24) is 0 Å². The van der Waals surface area contributed by atoms with Gasteiger partial charge in [0.05, 0.1) is 11.5 Å². The Morgan fingerprint density at radius 1 is 1.19 bits per heavy atom. The normalized spacial score (nSPS) is 20.9. The van der Waals surface area contributed by atoms with Crippen LogP contribution in [0.3, 0.4) is 0 Å². The summed E-state index contributed by atoms with van der Waals surface area (Å²) in [6.07, 6.45) is 0.330. The molecule has 27 heavy (non-hydrogen) atoms. The summed E-state index contributed by atoms with van der Waals surface area (Å²) in [5.74, 6) is -10.3. The van der Waals surface area contributed by atoms with Crippen LogP contribution in [-0.2, 0) is 22.6 Å². The maximum absolute atomic E-state index is 14.0. The van der Waals surface area contributed by atoms with Crippen LogP contribution < -0.4 is 0 Å². The van der Waals surface area contributed by atoms with Crippen LogP contribution in [0.1, 0.15) is 25.0 Å². The minimum atomic E-state index is -1.72. The zero-order chi connectivity index (χ0) is 20.5. The Morgan fingerprint density at radius 3 is 2.19 bits per heavy atom. The molecule has 0 bridgehead atoms. The smallest absolute Gasteiger partial charge is 0.310 e. The van der Waals surface area contributed by atoms with Gasteiger partial charge in [-0.3, -0.25) is 4.79 Å². The number of halogens is 5.